The number of hydrogen-bond acceptors (Lipinski definition) is 3. The summed E-state index contributed by atoms with van der Waals surface area (Å²) in [7, 11) is 0. The van der Waals surface area contributed by atoms with Gasteiger partial charge in [-0.05, 0) is 41.2 Å². The third-order valence-electron chi connectivity index (χ3n) is 5.86. The molecule has 1 saturated carbocycles. The van der Waals surface area contributed by atoms with Gasteiger partial charge in [-0.1, -0.05) is 54.6 Å². The molecule has 0 saturated heterocycles. The summed E-state index contributed by atoms with van der Waals surface area (Å²) in [6.45, 7) is 1.12. The number of aromatic amines is 1. The molecule has 0 amide bonds. The second-order valence-electron chi connectivity index (χ2n) is 7.99. The number of benzene rings is 2. The molecule has 0 bridgehead atoms. The Morgan fingerprint density at radius 3 is 2.55 bits per heavy atom. The van der Waals surface area contributed by atoms with E-state index in [9.17, 15) is 13.2 Å². The number of aromatic nitrogens is 3. The molecular weight excluding hydrogens is 403 g/mol. The number of halogens is 3. The van der Waals surface area contributed by atoms with E-state index in [2.05, 4.69) is 15.2 Å². The molecule has 0 atom stereocenters. The normalized spacial score (nSPS) is 15.3. The molecule has 1 aliphatic carbocycles. The first-order valence-electron chi connectivity index (χ1n) is 10.1. The zero-order valence-corrected chi connectivity index (χ0v) is 16.6. The lowest BCUT2D eigenvalue weighted by Crippen LogP contribution is -2.15. The Morgan fingerprint density at radius 2 is 1.81 bits per heavy atom. The highest BCUT2D eigenvalue weighted by atomic mass is 19.4. The minimum absolute atomic E-state index is 0.00248. The average Bonchev–Trinajstić information content (AvgIpc) is 3.42. The molecule has 2 aromatic carbocycles. The van der Waals surface area contributed by atoms with Crippen LogP contribution in [0, 0.1) is 0 Å². The molecule has 4 nitrogen and oxygen atoms in total. The van der Waals surface area contributed by atoms with Crippen LogP contribution in [0.2, 0.25) is 0 Å². The van der Waals surface area contributed by atoms with Crippen molar-refractivity contribution in [1.82, 2.24) is 15.2 Å². The second-order valence-corrected chi connectivity index (χ2v) is 7.99. The number of nitrogens with zero attached hydrogens (tertiary/aromatic N) is 2. The van der Waals surface area contributed by atoms with Crippen molar-refractivity contribution in [3.8, 4) is 11.1 Å². The average molecular weight is 423 g/mol. The second kappa shape index (κ2) is 7.50. The fourth-order valence-corrected chi connectivity index (χ4v) is 4.02. The van der Waals surface area contributed by atoms with Gasteiger partial charge >= 0.3 is 6.18 Å². The van der Waals surface area contributed by atoms with Gasteiger partial charge in [0.1, 0.15) is 0 Å². The van der Waals surface area contributed by atoms with Crippen LogP contribution in [-0.4, -0.2) is 21.8 Å². The molecule has 2 aromatic heterocycles. The Bertz CT molecular complexity index is 1210. The third kappa shape index (κ3) is 3.81. The van der Waals surface area contributed by atoms with Crippen molar-refractivity contribution in [3.63, 3.8) is 0 Å². The van der Waals surface area contributed by atoms with Crippen molar-refractivity contribution in [2.45, 2.75) is 31.0 Å². The van der Waals surface area contributed by atoms with Gasteiger partial charge in [0.25, 0.3) is 0 Å². The van der Waals surface area contributed by atoms with Crippen LogP contribution < -0.4 is 0 Å². The fourth-order valence-electron chi connectivity index (χ4n) is 4.02. The van der Waals surface area contributed by atoms with E-state index in [4.69, 9.17) is 4.74 Å². The van der Waals surface area contributed by atoms with Crippen LogP contribution in [0.15, 0.2) is 66.9 Å². The molecule has 0 radical (unpaired) electrons. The Kier molecular flexibility index (Phi) is 4.78. The Balaban J connectivity index is 1.44. The molecule has 2 heterocycles. The summed E-state index contributed by atoms with van der Waals surface area (Å²) in [4.78, 5) is 4.02. The van der Waals surface area contributed by atoms with E-state index in [1.165, 1.54) is 6.20 Å². The van der Waals surface area contributed by atoms with Gasteiger partial charge in [0.05, 0.1) is 18.6 Å². The van der Waals surface area contributed by atoms with E-state index in [0.29, 0.717) is 24.3 Å². The van der Waals surface area contributed by atoms with Crippen LogP contribution in [-0.2, 0) is 22.9 Å². The number of pyridine rings is 1. The van der Waals surface area contributed by atoms with Crippen LogP contribution in [0.25, 0.3) is 22.2 Å². The van der Waals surface area contributed by atoms with E-state index in [1.54, 1.807) is 6.07 Å². The van der Waals surface area contributed by atoms with Crippen LogP contribution in [0.3, 0.4) is 0 Å². The lowest BCUT2D eigenvalue weighted by Gasteiger charge is -2.17. The van der Waals surface area contributed by atoms with E-state index < -0.39 is 11.9 Å². The van der Waals surface area contributed by atoms with Crippen LogP contribution in [0.1, 0.15) is 29.7 Å². The predicted octanol–water partition coefficient (Wildman–Crippen LogP) is 5.89. The minimum Gasteiger partial charge on any atom is -0.376 e. The van der Waals surface area contributed by atoms with Gasteiger partial charge in [0.15, 0.2) is 11.3 Å². The molecule has 0 spiro atoms. The molecule has 158 valence electrons. The Labute approximate surface area is 177 Å². The molecule has 4 aromatic rings. The summed E-state index contributed by atoms with van der Waals surface area (Å²) in [5, 5.41) is 5.88. The maximum Gasteiger partial charge on any atom is 0.435 e. The van der Waals surface area contributed by atoms with E-state index in [1.807, 2.05) is 54.6 Å². The first kappa shape index (κ1) is 19.8. The van der Waals surface area contributed by atoms with Crippen molar-refractivity contribution in [2.24, 2.45) is 0 Å². The highest BCUT2D eigenvalue weighted by Gasteiger charge is 2.44. The lowest BCUT2D eigenvalue weighted by molar-refractivity contribution is -0.139. The molecule has 1 fully saturated rings. The summed E-state index contributed by atoms with van der Waals surface area (Å²) in [6, 6.07) is 19.3. The van der Waals surface area contributed by atoms with E-state index in [-0.39, 0.29) is 16.4 Å². The molecule has 31 heavy (non-hydrogen) atoms. The summed E-state index contributed by atoms with van der Waals surface area (Å²) < 4.78 is 46.4. The summed E-state index contributed by atoms with van der Waals surface area (Å²) >= 11 is 0. The molecule has 1 N–H and O–H groups in total. The number of alkyl halides is 3. The smallest absolute Gasteiger partial charge is 0.376 e. The highest BCUT2D eigenvalue weighted by molar-refractivity contribution is 5.94. The van der Waals surface area contributed by atoms with Crippen molar-refractivity contribution >= 4 is 11.0 Å². The standard InChI is InChI=1S/C24H20F3N3O/c25-24(26,27)21-20-19(9-12-28-22(20)30-29-21)17-7-4-8-18(13-17)23(10-11-23)15-31-14-16-5-2-1-3-6-16/h1-9,12-13H,10-11,14-15H2,(H,28,29,30). The summed E-state index contributed by atoms with van der Waals surface area (Å²) in [6.07, 6.45) is -1.07. The molecule has 5 rings (SSSR count). The van der Waals surface area contributed by atoms with Crippen molar-refractivity contribution in [2.75, 3.05) is 6.61 Å². The maximum absolute atomic E-state index is 13.5. The maximum atomic E-state index is 13.5. The van der Waals surface area contributed by atoms with Gasteiger partial charge in [0.2, 0.25) is 0 Å². The topological polar surface area (TPSA) is 50.8 Å². The van der Waals surface area contributed by atoms with Gasteiger partial charge < -0.3 is 4.74 Å². The van der Waals surface area contributed by atoms with Gasteiger partial charge in [0, 0.05) is 11.6 Å². The van der Waals surface area contributed by atoms with E-state index in [0.717, 1.165) is 24.0 Å². The highest BCUT2D eigenvalue weighted by Crippen LogP contribution is 2.49. The number of rotatable bonds is 6. The zero-order chi connectivity index (χ0) is 21.5. The first-order chi connectivity index (χ1) is 15.0. The number of H-pyrrole nitrogens is 1. The monoisotopic (exact) mass is 423 g/mol. The Morgan fingerprint density at radius 1 is 1.00 bits per heavy atom. The SMILES string of the molecule is FC(F)(F)c1n[nH]c2nccc(-c3cccc(C4(COCc5ccccc5)CC4)c3)c12. The quantitative estimate of drug-likeness (QED) is 0.421. The van der Waals surface area contributed by atoms with Crippen LogP contribution >= 0.6 is 0 Å². The minimum atomic E-state index is -4.56. The van der Waals surface area contributed by atoms with Gasteiger partial charge in [-0.25, -0.2) is 4.98 Å². The van der Waals surface area contributed by atoms with Crippen LogP contribution in [0.4, 0.5) is 13.2 Å². The molecular formula is C24H20F3N3O. The molecule has 0 aliphatic heterocycles. The van der Waals surface area contributed by atoms with Crippen LogP contribution in [0.5, 0.6) is 0 Å². The summed E-state index contributed by atoms with van der Waals surface area (Å²) in [5.74, 6) is 0. The van der Waals surface area contributed by atoms with Crippen molar-refractivity contribution < 1.29 is 17.9 Å². The van der Waals surface area contributed by atoms with Crippen molar-refractivity contribution in [3.05, 3.63) is 83.7 Å². The zero-order valence-electron chi connectivity index (χ0n) is 16.6. The third-order valence-corrected chi connectivity index (χ3v) is 5.86. The number of nitrogens with one attached hydrogen (secondary N) is 1. The van der Waals surface area contributed by atoms with Gasteiger partial charge in [-0.2, -0.15) is 18.3 Å². The molecule has 1 aliphatic rings. The fraction of sp³-hybridized carbons (Fsp3) is 0.250. The summed E-state index contributed by atoms with van der Waals surface area (Å²) in [5.41, 5.74) is 2.48. The predicted molar refractivity (Wildman–Crippen MR) is 111 cm³/mol. The lowest BCUT2D eigenvalue weighted by atomic mass is 9.92. The molecule has 7 heteroatoms. The Hall–Kier alpha value is -3.19. The largest absolute Gasteiger partial charge is 0.435 e. The number of ether oxygens (including phenoxy) is 1. The van der Waals surface area contributed by atoms with Gasteiger partial charge in [-0.15, -0.1) is 0 Å². The number of fused-ring (bicyclic) bond motifs is 1. The molecule has 0 unspecified atom stereocenters. The van der Waals surface area contributed by atoms with E-state index >= 15 is 0 Å². The first-order valence-corrected chi connectivity index (χ1v) is 10.1. The van der Waals surface area contributed by atoms with Crippen molar-refractivity contribution in [1.29, 1.82) is 0 Å². The number of hydrogen-bond donors (Lipinski definition) is 1. The van der Waals surface area contributed by atoms with Gasteiger partial charge in [-0.3, -0.25) is 5.10 Å².